The van der Waals surface area contributed by atoms with E-state index in [4.69, 9.17) is 9.47 Å². The van der Waals surface area contributed by atoms with Gasteiger partial charge in [0.05, 0.1) is 6.21 Å². The Morgan fingerprint density at radius 2 is 2.04 bits per heavy atom. The minimum absolute atomic E-state index is 0.214. The molecular formula is C18H19N3O3. The van der Waals surface area contributed by atoms with E-state index in [9.17, 15) is 4.79 Å². The molecule has 0 fully saturated rings. The number of hydrogen-bond donors (Lipinski definition) is 2. The highest BCUT2D eigenvalue weighted by Gasteiger charge is 2.13. The van der Waals surface area contributed by atoms with Crippen LogP contribution in [0.2, 0.25) is 0 Å². The Morgan fingerprint density at radius 1 is 1.21 bits per heavy atom. The van der Waals surface area contributed by atoms with E-state index in [0.29, 0.717) is 11.5 Å². The molecule has 124 valence electrons. The molecular weight excluding hydrogens is 306 g/mol. The van der Waals surface area contributed by atoms with E-state index < -0.39 is 6.04 Å². The minimum Gasteiger partial charge on any atom is -0.454 e. The smallest absolute Gasteiger partial charge is 0.262 e. The van der Waals surface area contributed by atoms with Crippen molar-refractivity contribution >= 4 is 17.8 Å². The van der Waals surface area contributed by atoms with Crippen molar-refractivity contribution in [3.63, 3.8) is 0 Å². The Labute approximate surface area is 140 Å². The number of nitrogens with zero attached hydrogens (tertiary/aromatic N) is 1. The number of carbonyl (C=O) groups is 1. The topological polar surface area (TPSA) is 72.0 Å². The summed E-state index contributed by atoms with van der Waals surface area (Å²) in [5.41, 5.74) is 5.38. The molecule has 0 saturated heterocycles. The number of rotatable bonds is 5. The molecule has 0 aliphatic carbocycles. The summed E-state index contributed by atoms with van der Waals surface area (Å²) in [5.74, 6) is 1.18. The van der Waals surface area contributed by atoms with Crippen LogP contribution in [0.15, 0.2) is 47.6 Å². The SMILES string of the molecule is Cc1cccc(NC(C)C(=O)NN=Cc2ccc3c(c2)OCO3)c1. The van der Waals surface area contributed by atoms with Crippen LogP contribution in [0.3, 0.4) is 0 Å². The maximum absolute atomic E-state index is 12.1. The quantitative estimate of drug-likeness (QED) is 0.655. The molecule has 0 saturated carbocycles. The molecule has 6 heteroatoms. The summed E-state index contributed by atoms with van der Waals surface area (Å²) in [6, 6.07) is 12.9. The first-order valence-electron chi connectivity index (χ1n) is 7.67. The van der Waals surface area contributed by atoms with Crippen molar-refractivity contribution < 1.29 is 14.3 Å². The van der Waals surface area contributed by atoms with Gasteiger partial charge in [-0.05, 0) is 55.3 Å². The maximum Gasteiger partial charge on any atom is 0.262 e. The van der Waals surface area contributed by atoms with Crippen LogP contribution in [0.4, 0.5) is 5.69 Å². The van der Waals surface area contributed by atoms with E-state index in [1.807, 2.05) is 49.4 Å². The Bertz CT molecular complexity index is 774. The molecule has 1 heterocycles. The number of hydrazone groups is 1. The number of amides is 1. The monoisotopic (exact) mass is 325 g/mol. The zero-order valence-corrected chi connectivity index (χ0v) is 13.6. The lowest BCUT2D eigenvalue weighted by atomic mass is 10.2. The van der Waals surface area contributed by atoms with Crippen molar-refractivity contribution in [3.8, 4) is 11.5 Å². The average Bonchev–Trinajstić information content (AvgIpc) is 3.02. The maximum atomic E-state index is 12.1. The lowest BCUT2D eigenvalue weighted by Gasteiger charge is -2.13. The van der Waals surface area contributed by atoms with E-state index >= 15 is 0 Å². The Kier molecular flexibility index (Phi) is 4.65. The lowest BCUT2D eigenvalue weighted by Crippen LogP contribution is -2.34. The first-order chi connectivity index (χ1) is 11.6. The van der Waals surface area contributed by atoms with Gasteiger partial charge in [0, 0.05) is 5.69 Å². The minimum atomic E-state index is -0.402. The molecule has 0 spiro atoms. The normalized spacial score (nSPS) is 13.8. The van der Waals surface area contributed by atoms with Gasteiger partial charge in [-0.1, -0.05) is 12.1 Å². The van der Waals surface area contributed by atoms with Crippen molar-refractivity contribution in [2.24, 2.45) is 5.10 Å². The van der Waals surface area contributed by atoms with Crippen molar-refractivity contribution in [2.45, 2.75) is 19.9 Å². The van der Waals surface area contributed by atoms with Crippen molar-refractivity contribution in [1.29, 1.82) is 0 Å². The average molecular weight is 325 g/mol. The molecule has 2 aromatic rings. The Morgan fingerprint density at radius 3 is 2.88 bits per heavy atom. The molecule has 6 nitrogen and oxygen atoms in total. The molecule has 1 aliphatic heterocycles. The molecule has 1 atom stereocenters. The molecule has 3 rings (SSSR count). The van der Waals surface area contributed by atoms with Crippen LogP contribution >= 0.6 is 0 Å². The van der Waals surface area contributed by atoms with Crippen LogP contribution in [0, 0.1) is 6.92 Å². The van der Waals surface area contributed by atoms with Crippen LogP contribution < -0.4 is 20.2 Å². The number of benzene rings is 2. The van der Waals surface area contributed by atoms with E-state index in [1.165, 1.54) is 0 Å². The summed E-state index contributed by atoms with van der Waals surface area (Å²) in [5, 5.41) is 7.13. The second kappa shape index (κ2) is 7.04. The van der Waals surface area contributed by atoms with Gasteiger partial charge in [0.2, 0.25) is 6.79 Å². The van der Waals surface area contributed by atoms with Gasteiger partial charge in [-0.2, -0.15) is 5.10 Å². The van der Waals surface area contributed by atoms with E-state index in [1.54, 1.807) is 13.1 Å². The van der Waals surface area contributed by atoms with Gasteiger partial charge < -0.3 is 14.8 Å². The van der Waals surface area contributed by atoms with Gasteiger partial charge in [-0.15, -0.1) is 0 Å². The van der Waals surface area contributed by atoms with Gasteiger partial charge >= 0.3 is 0 Å². The van der Waals surface area contributed by atoms with Gasteiger partial charge in [-0.25, -0.2) is 5.43 Å². The molecule has 1 amide bonds. The van der Waals surface area contributed by atoms with Gasteiger partial charge in [0.25, 0.3) is 5.91 Å². The van der Waals surface area contributed by atoms with Crippen molar-refractivity contribution in [2.75, 3.05) is 12.1 Å². The number of fused-ring (bicyclic) bond motifs is 1. The van der Waals surface area contributed by atoms with Gasteiger partial charge in [-0.3, -0.25) is 4.79 Å². The highest BCUT2D eigenvalue weighted by Crippen LogP contribution is 2.31. The summed E-state index contributed by atoms with van der Waals surface area (Å²) in [7, 11) is 0. The van der Waals surface area contributed by atoms with Crippen LogP contribution in [-0.2, 0) is 4.79 Å². The molecule has 0 bridgehead atoms. The van der Waals surface area contributed by atoms with Gasteiger partial charge in [0.15, 0.2) is 11.5 Å². The fraction of sp³-hybridized carbons (Fsp3) is 0.222. The molecule has 0 aromatic heterocycles. The van der Waals surface area contributed by atoms with Crippen molar-refractivity contribution in [3.05, 3.63) is 53.6 Å². The number of anilines is 1. The number of ether oxygens (including phenoxy) is 2. The zero-order chi connectivity index (χ0) is 16.9. The molecule has 2 aromatic carbocycles. The summed E-state index contributed by atoms with van der Waals surface area (Å²) < 4.78 is 10.5. The number of aryl methyl sites for hydroxylation is 1. The highest BCUT2D eigenvalue weighted by molar-refractivity contribution is 5.86. The highest BCUT2D eigenvalue weighted by atomic mass is 16.7. The van der Waals surface area contributed by atoms with Crippen molar-refractivity contribution in [1.82, 2.24) is 5.43 Å². The standard InChI is InChI=1S/C18H19N3O3/c1-12-4-3-5-15(8-12)20-13(2)18(22)21-19-10-14-6-7-16-17(9-14)24-11-23-16/h3-10,13,20H,11H2,1-2H3,(H,21,22). The third-order valence-corrected chi connectivity index (χ3v) is 3.58. The third-order valence-electron chi connectivity index (χ3n) is 3.58. The largest absolute Gasteiger partial charge is 0.454 e. The first-order valence-corrected chi connectivity index (χ1v) is 7.67. The summed E-state index contributed by atoms with van der Waals surface area (Å²) in [6.45, 7) is 4.02. The van der Waals surface area contributed by atoms with Gasteiger partial charge in [0.1, 0.15) is 6.04 Å². The fourth-order valence-electron chi connectivity index (χ4n) is 2.31. The summed E-state index contributed by atoms with van der Waals surface area (Å²) in [4.78, 5) is 12.1. The zero-order valence-electron chi connectivity index (χ0n) is 13.6. The first kappa shape index (κ1) is 15.9. The Balaban J connectivity index is 1.54. The van der Waals surface area contributed by atoms with E-state index in [2.05, 4.69) is 15.8 Å². The van der Waals surface area contributed by atoms with Crippen LogP contribution in [0.25, 0.3) is 0 Å². The Hall–Kier alpha value is -3.02. The van der Waals surface area contributed by atoms with Crippen LogP contribution in [0.1, 0.15) is 18.1 Å². The molecule has 0 radical (unpaired) electrons. The lowest BCUT2D eigenvalue weighted by molar-refractivity contribution is -0.121. The van der Waals surface area contributed by atoms with Crippen LogP contribution in [-0.4, -0.2) is 25.0 Å². The van der Waals surface area contributed by atoms with Crippen LogP contribution in [0.5, 0.6) is 11.5 Å². The second-order valence-corrected chi connectivity index (χ2v) is 5.58. The van der Waals surface area contributed by atoms with E-state index in [0.717, 1.165) is 16.8 Å². The molecule has 24 heavy (non-hydrogen) atoms. The predicted octanol–water partition coefficient (Wildman–Crippen LogP) is 2.67. The fourth-order valence-corrected chi connectivity index (χ4v) is 2.31. The van der Waals surface area contributed by atoms with E-state index in [-0.39, 0.29) is 12.7 Å². The molecule has 2 N–H and O–H groups in total. The summed E-state index contributed by atoms with van der Waals surface area (Å²) >= 11 is 0. The number of hydrogen-bond acceptors (Lipinski definition) is 5. The summed E-state index contributed by atoms with van der Waals surface area (Å²) in [6.07, 6.45) is 1.57. The number of carbonyl (C=O) groups excluding carboxylic acids is 1. The second-order valence-electron chi connectivity index (χ2n) is 5.58. The molecule has 1 aliphatic rings. The third kappa shape index (κ3) is 3.84. The molecule has 1 unspecified atom stereocenters. The number of nitrogens with one attached hydrogen (secondary N) is 2. The predicted molar refractivity (Wildman–Crippen MR) is 92.6 cm³/mol.